The van der Waals surface area contributed by atoms with E-state index in [1.165, 1.54) is 29.5 Å². The van der Waals surface area contributed by atoms with Crippen molar-refractivity contribution in [1.82, 2.24) is 10.2 Å². The highest BCUT2D eigenvalue weighted by Gasteiger charge is 2.17. The van der Waals surface area contributed by atoms with Gasteiger partial charge in [0.25, 0.3) is 11.8 Å². The minimum absolute atomic E-state index is 0.0740. The van der Waals surface area contributed by atoms with Gasteiger partial charge in [-0.25, -0.2) is 4.39 Å². The molecule has 2 rings (SSSR count). The number of thiophene rings is 1. The van der Waals surface area contributed by atoms with Gasteiger partial charge in [0.05, 0.1) is 9.88 Å². The molecule has 158 valence electrons. The normalized spacial score (nSPS) is 12.1. The molecule has 0 spiro atoms. The van der Waals surface area contributed by atoms with Gasteiger partial charge in [-0.1, -0.05) is 19.9 Å². The first kappa shape index (κ1) is 23.0. The second-order valence-corrected chi connectivity index (χ2v) is 8.18. The van der Waals surface area contributed by atoms with Crippen LogP contribution in [0.3, 0.4) is 0 Å². The molecular weight excluding hydrogens is 389 g/mol. The number of anilines is 1. The highest BCUT2D eigenvalue weighted by atomic mass is 32.1. The third-order valence-electron chi connectivity index (χ3n) is 4.83. The molecule has 0 aliphatic heterocycles. The van der Waals surface area contributed by atoms with Crippen LogP contribution in [0.4, 0.5) is 9.39 Å². The number of amides is 2. The second-order valence-electron chi connectivity index (χ2n) is 7.13. The molecule has 0 aliphatic carbocycles. The smallest absolute Gasteiger partial charge is 0.261 e. The summed E-state index contributed by atoms with van der Waals surface area (Å²) in [6.07, 6.45) is 1.94. The van der Waals surface area contributed by atoms with Crippen molar-refractivity contribution in [2.75, 3.05) is 25.0 Å². The zero-order chi connectivity index (χ0) is 21.4. The molecule has 0 saturated carbocycles. The van der Waals surface area contributed by atoms with E-state index in [1.54, 1.807) is 12.1 Å². The van der Waals surface area contributed by atoms with Crippen LogP contribution in [0.5, 0.6) is 0 Å². The van der Waals surface area contributed by atoms with Crippen LogP contribution in [-0.2, 0) is 0 Å². The standard InChI is InChI=1S/C22H30FN3O2S/c1-5-26(6-2)12-8-9-16(4)24-22(28)20-15(3)13-19(29-20)25-21(27)17-10-7-11-18(23)14-17/h7,10-11,13-14,16H,5-6,8-9,12H2,1-4H3,(H,24,28)(H,25,27)/t16-/m0/s1. The topological polar surface area (TPSA) is 61.4 Å². The van der Waals surface area contributed by atoms with Crippen molar-refractivity contribution in [2.45, 2.75) is 46.6 Å². The lowest BCUT2D eigenvalue weighted by Gasteiger charge is -2.19. The fourth-order valence-electron chi connectivity index (χ4n) is 3.11. The van der Waals surface area contributed by atoms with Gasteiger partial charge in [-0.3, -0.25) is 9.59 Å². The Labute approximate surface area is 176 Å². The first-order valence-electron chi connectivity index (χ1n) is 10.0. The van der Waals surface area contributed by atoms with Crippen molar-refractivity contribution in [3.8, 4) is 0 Å². The van der Waals surface area contributed by atoms with Crippen LogP contribution in [-0.4, -0.2) is 42.4 Å². The van der Waals surface area contributed by atoms with Crippen LogP contribution in [0, 0.1) is 12.7 Å². The van der Waals surface area contributed by atoms with E-state index in [1.807, 2.05) is 13.8 Å². The zero-order valence-corrected chi connectivity index (χ0v) is 18.4. The molecule has 1 heterocycles. The van der Waals surface area contributed by atoms with Crippen LogP contribution in [0.2, 0.25) is 0 Å². The van der Waals surface area contributed by atoms with Crippen molar-refractivity contribution in [1.29, 1.82) is 0 Å². The van der Waals surface area contributed by atoms with Gasteiger partial charge < -0.3 is 15.5 Å². The van der Waals surface area contributed by atoms with Gasteiger partial charge in [-0.05, 0) is 76.2 Å². The molecule has 0 saturated heterocycles. The van der Waals surface area contributed by atoms with Gasteiger partial charge in [0.2, 0.25) is 0 Å². The largest absolute Gasteiger partial charge is 0.349 e. The van der Waals surface area contributed by atoms with Gasteiger partial charge in [0.1, 0.15) is 5.82 Å². The van der Waals surface area contributed by atoms with E-state index in [4.69, 9.17) is 0 Å². The van der Waals surface area contributed by atoms with Crippen LogP contribution in [0.25, 0.3) is 0 Å². The van der Waals surface area contributed by atoms with Crippen LogP contribution in [0.15, 0.2) is 30.3 Å². The van der Waals surface area contributed by atoms with Gasteiger partial charge >= 0.3 is 0 Å². The molecule has 0 radical (unpaired) electrons. The average Bonchev–Trinajstić information content (AvgIpc) is 3.05. The van der Waals surface area contributed by atoms with Gasteiger partial charge in [-0.2, -0.15) is 0 Å². The van der Waals surface area contributed by atoms with E-state index in [0.717, 1.165) is 38.0 Å². The minimum atomic E-state index is -0.463. The van der Waals surface area contributed by atoms with E-state index in [2.05, 4.69) is 29.4 Å². The Morgan fingerprint density at radius 1 is 1.17 bits per heavy atom. The molecule has 1 atom stereocenters. The molecule has 1 aromatic carbocycles. The number of carbonyl (C=O) groups is 2. The maximum atomic E-state index is 13.3. The number of nitrogens with one attached hydrogen (secondary N) is 2. The van der Waals surface area contributed by atoms with E-state index in [0.29, 0.717) is 9.88 Å². The summed E-state index contributed by atoms with van der Waals surface area (Å²) in [7, 11) is 0. The summed E-state index contributed by atoms with van der Waals surface area (Å²) in [5.41, 5.74) is 1.04. The molecule has 0 fully saturated rings. The molecule has 1 aromatic heterocycles. The molecular formula is C22H30FN3O2S. The number of carbonyl (C=O) groups excluding carboxylic acids is 2. The summed E-state index contributed by atoms with van der Waals surface area (Å²) in [4.78, 5) is 27.9. The van der Waals surface area contributed by atoms with Crippen LogP contribution < -0.4 is 10.6 Å². The number of aryl methyl sites for hydroxylation is 1. The number of nitrogens with zero attached hydrogens (tertiary/aromatic N) is 1. The third-order valence-corrected chi connectivity index (χ3v) is 5.98. The Kier molecular flexibility index (Phi) is 8.79. The van der Waals surface area contributed by atoms with Crippen molar-refractivity contribution < 1.29 is 14.0 Å². The fraction of sp³-hybridized carbons (Fsp3) is 0.455. The van der Waals surface area contributed by atoms with E-state index >= 15 is 0 Å². The van der Waals surface area contributed by atoms with Crippen molar-refractivity contribution >= 4 is 28.2 Å². The number of halogens is 1. The van der Waals surface area contributed by atoms with Crippen LogP contribution in [0.1, 0.15) is 59.2 Å². The third kappa shape index (κ3) is 6.94. The minimum Gasteiger partial charge on any atom is -0.349 e. The molecule has 0 unspecified atom stereocenters. The Balaban J connectivity index is 1.91. The first-order valence-corrected chi connectivity index (χ1v) is 10.9. The molecule has 5 nitrogen and oxygen atoms in total. The predicted octanol–water partition coefficient (Wildman–Crippen LogP) is 4.69. The zero-order valence-electron chi connectivity index (χ0n) is 17.5. The lowest BCUT2D eigenvalue weighted by molar-refractivity contribution is 0.0940. The Morgan fingerprint density at radius 2 is 1.90 bits per heavy atom. The summed E-state index contributed by atoms with van der Waals surface area (Å²) in [6, 6.07) is 7.35. The summed E-state index contributed by atoms with van der Waals surface area (Å²) in [6.45, 7) is 11.3. The fourth-order valence-corrected chi connectivity index (χ4v) is 4.08. The molecule has 0 bridgehead atoms. The van der Waals surface area contributed by atoms with Crippen molar-refractivity contribution in [2.24, 2.45) is 0 Å². The van der Waals surface area contributed by atoms with Gasteiger partial charge in [-0.15, -0.1) is 11.3 Å². The molecule has 2 amide bonds. The summed E-state index contributed by atoms with van der Waals surface area (Å²) in [5.74, 6) is -0.994. The molecule has 7 heteroatoms. The average molecular weight is 420 g/mol. The summed E-state index contributed by atoms with van der Waals surface area (Å²) < 4.78 is 13.3. The summed E-state index contributed by atoms with van der Waals surface area (Å²) >= 11 is 1.23. The quantitative estimate of drug-likeness (QED) is 0.587. The molecule has 2 N–H and O–H groups in total. The monoisotopic (exact) mass is 419 g/mol. The maximum absolute atomic E-state index is 13.3. The van der Waals surface area contributed by atoms with E-state index in [-0.39, 0.29) is 17.5 Å². The molecule has 2 aromatic rings. The van der Waals surface area contributed by atoms with E-state index < -0.39 is 11.7 Å². The number of hydrogen-bond acceptors (Lipinski definition) is 4. The highest BCUT2D eigenvalue weighted by molar-refractivity contribution is 7.18. The summed E-state index contributed by atoms with van der Waals surface area (Å²) in [5, 5.41) is 6.35. The molecule has 0 aliphatic rings. The van der Waals surface area contributed by atoms with Crippen molar-refractivity contribution in [3.63, 3.8) is 0 Å². The number of rotatable bonds is 10. The highest BCUT2D eigenvalue weighted by Crippen LogP contribution is 2.27. The number of benzene rings is 1. The number of hydrogen-bond donors (Lipinski definition) is 2. The predicted molar refractivity (Wildman–Crippen MR) is 117 cm³/mol. The SMILES string of the molecule is CCN(CC)CCC[C@H](C)NC(=O)c1sc(NC(=O)c2cccc(F)c2)cc1C. The lowest BCUT2D eigenvalue weighted by atomic mass is 10.1. The van der Waals surface area contributed by atoms with Gasteiger partial charge in [0, 0.05) is 11.6 Å². The van der Waals surface area contributed by atoms with Crippen molar-refractivity contribution in [3.05, 3.63) is 52.2 Å². The maximum Gasteiger partial charge on any atom is 0.261 e. The first-order chi connectivity index (χ1) is 13.8. The Morgan fingerprint density at radius 3 is 2.55 bits per heavy atom. The molecule has 29 heavy (non-hydrogen) atoms. The lowest BCUT2D eigenvalue weighted by Crippen LogP contribution is -2.33. The van der Waals surface area contributed by atoms with E-state index in [9.17, 15) is 14.0 Å². The Hall–Kier alpha value is -2.25. The van der Waals surface area contributed by atoms with Crippen LogP contribution >= 0.6 is 11.3 Å². The van der Waals surface area contributed by atoms with Gasteiger partial charge in [0.15, 0.2) is 0 Å². The Bertz CT molecular complexity index is 833. The second kappa shape index (κ2) is 11.1.